The Hall–Kier alpha value is -1.18. The topological polar surface area (TPSA) is 75.9 Å². The van der Waals surface area contributed by atoms with Crippen LogP contribution in [0.4, 0.5) is 11.6 Å². The van der Waals surface area contributed by atoms with Gasteiger partial charge in [-0.2, -0.15) is 0 Å². The molecule has 0 amide bonds. The normalized spacial score (nSPS) is 10.1. The van der Waals surface area contributed by atoms with Crippen LogP contribution in [-0.4, -0.2) is 9.97 Å². The Kier molecular flexibility index (Phi) is 3.70. The molecule has 0 atom stereocenters. The van der Waals surface area contributed by atoms with Crippen molar-refractivity contribution in [2.24, 2.45) is 5.84 Å². The van der Waals surface area contributed by atoms with E-state index < -0.39 is 0 Å². The van der Waals surface area contributed by atoms with Crippen molar-refractivity contribution in [3.63, 3.8) is 0 Å². The van der Waals surface area contributed by atoms with E-state index in [-0.39, 0.29) is 0 Å². The van der Waals surface area contributed by atoms with Gasteiger partial charge in [0, 0.05) is 15.4 Å². The fourth-order valence-electron chi connectivity index (χ4n) is 1.15. The molecular formula is C9H10BrN5S. The summed E-state index contributed by atoms with van der Waals surface area (Å²) >= 11 is 5.16. The Morgan fingerprint density at radius 2 is 2.19 bits per heavy atom. The van der Waals surface area contributed by atoms with E-state index >= 15 is 0 Å². The Bertz CT molecular complexity index is 472. The van der Waals surface area contributed by atoms with E-state index in [1.807, 2.05) is 11.4 Å². The van der Waals surface area contributed by atoms with Gasteiger partial charge in [-0.05, 0) is 27.4 Å². The number of nitrogens with zero attached hydrogens (tertiary/aromatic N) is 2. The minimum atomic E-state index is 0.586. The van der Waals surface area contributed by atoms with Crippen LogP contribution < -0.4 is 16.6 Å². The lowest BCUT2D eigenvalue weighted by Crippen LogP contribution is -2.09. The monoisotopic (exact) mass is 299 g/mol. The molecule has 0 bridgehead atoms. The first-order valence-corrected chi connectivity index (χ1v) is 6.21. The number of nitrogen functional groups attached to an aromatic ring is 1. The molecule has 0 spiro atoms. The van der Waals surface area contributed by atoms with Crippen LogP contribution in [0.1, 0.15) is 4.88 Å². The summed E-state index contributed by atoms with van der Waals surface area (Å²) in [5.41, 5.74) is 2.47. The van der Waals surface area contributed by atoms with Crippen LogP contribution in [0.3, 0.4) is 0 Å². The molecule has 0 unspecified atom stereocenters. The van der Waals surface area contributed by atoms with E-state index in [0.29, 0.717) is 5.82 Å². The van der Waals surface area contributed by atoms with Crippen molar-refractivity contribution in [3.8, 4) is 0 Å². The van der Waals surface area contributed by atoms with Gasteiger partial charge in [-0.1, -0.05) is 0 Å². The fraction of sp³-hybridized carbons (Fsp3) is 0.111. The summed E-state index contributed by atoms with van der Waals surface area (Å²) in [7, 11) is 0. The van der Waals surface area contributed by atoms with Gasteiger partial charge in [0.15, 0.2) is 0 Å². The molecule has 5 nitrogen and oxygen atoms in total. The van der Waals surface area contributed by atoms with Crippen LogP contribution in [0.15, 0.2) is 28.3 Å². The first-order valence-electron chi connectivity index (χ1n) is 4.54. The van der Waals surface area contributed by atoms with E-state index in [9.17, 15) is 0 Å². The van der Waals surface area contributed by atoms with E-state index in [1.165, 1.54) is 11.2 Å². The Labute approximate surface area is 105 Å². The molecule has 0 aliphatic carbocycles. The van der Waals surface area contributed by atoms with Gasteiger partial charge in [-0.25, -0.2) is 15.8 Å². The standard InChI is InChI=1S/C9H10BrN5S/c10-6-1-2-16-7(6)4-12-8-3-9(15-11)14-5-13-8/h1-3,5H,4,11H2,(H2,12,13,14,15). The van der Waals surface area contributed by atoms with Crippen molar-refractivity contribution in [1.29, 1.82) is 0 Å². The number of anilines is 2. The number of hydrogen-bond acceptors (Lipinski definition) is 6. The van der Waals surface area contributed by atoms with Gasteiger partial charge in [0.25, 0.3) is 0 Å². The van der Waals surface area contributed by atoms with Crippen molar-refractivity contribution in [1.82, 2.24) is 9.97 Å². The Morgan fingerprint density at radius 1 is 1.38 bits per heavy atom. The summed E-state index contributed by atoms with van der Waals surface area (Å²) in [5.74, 6) is 6.59. The molecule has 0 saturated heterocycles. The first-order chi connectivity index (χ1) is 7.79. The summed E-state index contributed by atoms with van der Waals surface area (Å²) in [4.78, 5) is 9.24. The zero-order valence-electron chi connectivity index (χ0n) is 8.27. The largest absolute Gasteiger partial charge is 0.365 e. The van der Waals surface area contributed by atoms with Crippen LogP contribution >= 0.6 is 27.3 Å². The van der Waals surface area contributed by atoms with Gasteiger partial charge in [0.05, 0.1) is 6.54 Å². The number of nitrogens with one attached hydrogen (secondary N) is 2. The number of thiophene rings is 1. The molecule has 0 aromatic carbocycles. The smallest absolute Gasteiger partial charge is 0.145 e. The molecule has 2 aromatic heterocycles. The van der Waals surface area contributed by atoms with E-state index in [4.69, 9.17) is 5.84 Å². The Morgan fingerprint density at radius 3 is 2.88 bits per heavy atom. The molecule has 0 radical (unpaired) electrons. The van der Waals surface area contributed by atoms with E-state index in [0.717, 1.165) is 16.8 Å². The molecule has 0 aliphatic rings. The number of hydrazine groups is 1. The van der Waals surface area contributed by atoms with Crippen molar-refractivity contribution < 1.29 is 0 Å². The Balaban J connectivity index is 2.02. The number of nitrogens with two attached hydrogens (primary N) is 1. The lowest BCUT2D eigenvalue weighted by molar-refractivity contribution is 1.09. The van der Waals surface area contributed by atoms with Crippen LogP contribution in [0, 0.1) is 0 Å². The van der Waals surface area contributed by atoms with Gasteiger partial charge in [-0.15, -0.1) is 11.3 Å². The maximum Gasteiger partial charge on any atom is 0.145 e. The maximum atomic E-state index is 5.26. The predicted molar refractivity (Wildman–Crippen MR) is 69.2 cm³/mol. The average Bonchev–Trinajstić information content (AvgIpc) is 2.72. The van der Waals surface area contributed by atoms with Gasteiger partial charge < -0.3 is 10.7 Å². The van der Waals surface area contributed by atoms with E-state index in [2.05, 4.69) is 36.6 Å². The van der Waals surface area contributed by atoms with Gasteiger partial charge >= 0.3 is 0 Å². The summed E-state index contributed by atoms with van der Waals surface area (Å²) in [6.07, 6.45) is 1.46. The third kappa shape index (κ3) is 2.69. The summed E-state index contributed by atoms with van der Waals surface area (Å²) in [5, 5.41) is 5.23. The molecular weight excluding hydrogens is 290 g/mol. The van der Waals surface area contributed by atoms with Crippen molar-refractivity contribution in [2.45, 2.75) is 6.54 Å². The van der Waals surface area contributed by atoms with Crippen LogP contribution in [0.25, 0.3) is 0 Å². The average molecular weight is 300 g/mol. The molecule has 0 saturated carbocycles. The molecule has 0 aliphatic heterocycles. The van der Waals surface area contributed by atoms with Crippen molar-refractivity contribution in [3.05, 3.63) is 33.2 Å². The number of hydrogen-bond donors (Lipinski definition) is 3. The zero-order chi connectivity index (χ0) is 11.4. The number of rotatable bonds is 4. The highest BCUT2D eigenvalue weighted by molar-refractivity contribution is 9.10. The first kappa shape index (κ1) is 11.3. The number of aromatic nitrogens is 2. The minimum Gasteiger partial charge on any atom is -0.365 e. The van der Waals surface area contributed by atoms with Crippen LogP contribution in [0.2, 0.25) is 0 Å². The predicted octanol–water partition coefficient (Wildman–Crippen LogP) is 2.20. The summed E-state index contributed by atoms with van der Waals surface area (Å²) in [6, 6.07) is 3.77. The van der Waals surface area contributed by atoms with Crippen molar-refractivity contribution >= 4 is 38.9 Å². The molecule has 2 aromatic rings. The second kappa shape index (κ2) is 5.24. The van der Waals surface area contributed by atoms with Gasteiger partial charge in [0.1, 0.15) is 18.0 Å². The maximum absolute atomic E-state index is 5.26. The molecule has 7 heteroatoms. The van der Waals surface area contributed by atoms with Crippen LogP contribution in [0.5, 0.6) is 0 Å². The highest BCUT2D eigenvalue weighted by Gasteiger charge is 2.02. The highest BCUT2D eigenvalue weighted by atomic mass is 79.9. The van der Waals surface area contributed by atoms with Crippen molar-refractivity contribution in [2.75, 3.05) is 10.7 Å². The molecule has 4 N–H and O–H groups in total. The molecule has 2 heterocycles. The quantitative estimate of drug-likeness (QED) is 0.596. The van der Waals surface area contributed by atoms with E-state index in [1.54, 1.807) is 17.4 Å². The SMILES string of the molecule is NNc1cc(NCc2sccc2Br)ncn1. The molecule has 84 valence electrons. The van der Waals surface area contributed by atoms with Gasteiger partial charge in [-0.3, -0.25) is 0 Å². The molecule has 16 heavy (non-hydrogen) atoms. The summed E-state index contributed by atoms with van der Waals surface area (Å²) < 4.78 is 1.11. The second-order valence-electron chi connectivity index (χ2n) is 2.98. The lowest BCUT2D eigenvalue weighted by atomic mass is 10.4. The zero-order valence-corrected chi connectivity index (χ0v) is 10.7. The third-order valence-corrected chi connectivity index (χ3v) is 3.86. The van der Waals surface area contributed by atoms with Gasteiger partial charge in [0.2, 0.25) is 0 Å². The fourth-order valence-corrected chi connectivity index (χ4v) is 2.59. The summed E-state index contributed by atoms with van der Waals surface area (Å²) in [6.45, 7) is 0.722. The molecule has 0 fully saturated rings. The lowest BCUT2D eigenvalue weighted by Gasteiger charge is -2.05. The molecule has 2 rings (SSSR count). The second-order valence-corrected chi connectivity index (χ2v) is 4.83. The minimum absolute atomic E-state index is 0.586. The number of halogens is 1. The van der Waals surface area contributed by atoms with Crippen LogP contribution in [-0.2, 0) is 6.54 Å². The highest BCUT2D eigenvalue weighted by Crippen LogP contribution is 2.23. The third-order valence-electron chi connectivity index (χ3n) is 1.94.